The lowest BCUT2D eigenvalue weighted by molar-refractivity contribution is 0.711. The van der Waals surface area contributed by atoms with E-state index in [9.17, 15) is 0 Å². The first-order valence-electron chi connectivity index (χ1n) is 6.08. The Morgan fingerprint density at radius 1 is 1.38 bits per heavy atom. The monoisotopic (exact) mass is 233 g/mol. The summed E-state index contributed by atoms with van der Waals surface area (Å²) in [6, 6.07) is 2.44. The average Bonchev–Trinajstić information content (AvgIpc) is 2.58. The molecule has 1 nitrogen and oxygen atoms in total. The van der Waals surface area contributed by atoms with E-state index in [1.54, 1.807) is 10.4 Å². The normalized spacial score (nSPS) is 16.9. The molecule has 0 saturated carbocycles. The van der Waals surface area contributed by atoms with Crippen LogP contribution >= 0.6 is 11.3 Å². The van der Waals surface area contributed by atoms with Gasteiger partial charge in [0.1, 0.15) is 0 Å². The van der Waals surface area contributed by atoms with Crippen LogP contribution in [-0.4, -0.2) is 0 Å². The van der Waals surface area contributed by atoms with Crippen LogP contribution < -0.4 is 5.73 Å². The molecule has 2 heteroatoms. The number of rotatable bonds is 2. The molecule has 0 amide bonds. The van der Waals surface area contributed by atoms with Crippen molar-refractivity contribution in [3.63, 3.8) is 0 Å². The van der Waals surface area contributed by atoms with Gasteiger partial charge in [-0.1, -0.05) is 6.42 Å². The molecular weight excluding hydrogens is 214 g/mol. The minimum Gasteiger partial charge on any atom is -0.322 e. The van der Waals surface area contributed by atoms with Gasteiger partial charge in [-0.3, -0.25) is 0 Å². The first-order chi connectivity index (χ1) is 7.81. The summed E-state index contributed by atoms with van der Waals surface area (Å²) in [7, 11) is 0. The molecule has 0 fully saturated rings. The Hall–Kier alpha value is -0.780. The minimum atomic E-state index is 0.115. The molecule has 16 heavy (non-hydrogen) atoms. The fourth-order valence-corrected chi connectivity index (χ4v) is 3.44. The summed E-state index contributed by atoms with van der Waals surface area (Å²) in [5.41, 5.74) is 7.69. The van der Waals surface area contributed by atoms with Gasteiger partial charge >= 0.3 is 0 Å². The highest BCUT2D eigenvalue weighted by Gasteiger charge is 2.15. The SMILES string of the molecule is CC#CCC(N)c1cc2c(s1)CCCCC2. The van der Waals surface area contributed by atoms with Crippen LogP contribution in [0.3, 0.4) is 0 Å². The quantitative estimate of drug-likeness (QED) is 0.614. The molecule has 0 aliphatic heterocycles. The lowest BCUT2D eigenvalue weighted by atomic mass is 10.1. The van der Waals surface area contributed by atoms with E-state index in [2.05, 4.69) is 17.9 Å². The zero-order valence-corrected chi connectivity index (χ0v) is 10.7. The lowest BCUT2D eigenvalue weighted by Gasteiger charge is -2.03. The molecule has 1 aliphatic carbocycles. The molecule has 1 aromatic rings. The van der Waals surface area contributed by atoms with Crippen LogP contribution in [0.4, 0.5) is 0 Å². The standard InChI is InChI=1S/C14H19NS/c1-2-3-8-12(15)14-10-11-7-5-4-6-9-13(11)16-14/h10,12H,4-9,15H2,1H3. The Kier molecular flexibility index (Phi) is 4.04. The first-order valence-corrected chi connectivity index (χ1v) is 6.89. The van der Waals surface area contributed by atoms with Gasteiger partial charge in [-0.05, 0) is 44.2 Å². The Labute approximate surface area is 102 Å². The molecule has 2 rings (SSSR count). The van der Waals surface area contributed by atoms with Crippen LogP contribution in [-0.2, 0) is 12.8 Å². The highest BCUT2D eigenvalue weighted by atomic mass is 32.1. The third-order valence-electron chi connectivity index (χ3n) is 3.13. The number of hydrogen-bond donors (Lipinski definition) is 1. The van der Waals surface area contributed by atoms with E-state index < -0.39 is 0 Å². The Balaban J connectivity index is 2.13. The second-order valence-electron chi connectivity index (χ2n) is 4.40. The fourth-order valence-electron chi connectivity index (χ4n) is 2.19. The van der Waals surface area contributed by atoms with E-state index in [4.69, 9.17) is 5.73 Å². The Bertz CT molecular complexity index is 385. The maximum absolute atomic E-state index is 6.14. The van der Waals surface area contributed by atoms with Crippen molar-refractivity contribution >= 4 is 11.3 Å². The van der Waals surface area contributed by atoms with Crippen molar-refractivity contribution in [2.75, 3.05) is 0 Å². The van der Waals surface area contributed by atoms with Crippen molar-refractivity contribution in [2.24, 2.45) is 5.73 Å². The first kappa shape index (κ1) is 11.7. The summed E-state index contributed by atoms with van der Waals surface area (Å²) in [4.78, 5) is 2.90. The third kappa shape index (κ3) is 2.66. The smallest absolute Gasteiger partial charge is 0.0500 e. The molecule has 1 atom stereocenters. The fraction of sp³-hybridized carbons (Fsp3) is 0.571. The number of thiophene rings is 1. The molecule has 1 aliphatic rings. The van der Waals surface area contributed by atoms with Gasteiger partial charge in [-0.15, -0.1) is 23.2 Å². The molecule has 0 radical (unpaired) electrons. The van der Waals surface area contributed by atoms with Gasteiger partial charge in [-0.25, -0.2) is 0 Å². The van der Waals surface area contributed by atoms with Crippen LogP contribution in [0, 0.1) is 11.8 Å². The summed E-state index contributed by atoms with van der Waals surface area (Å²) in [6.07, 6.45) is 7.36. The number of nitrogens with two attached hydrogens (primary N) is 1. The van der Waals surface area contributed by atoms with Crippen LogP contribution in [0.1, 0.15) is 54.0 Å². The summed E-state index contributed by atoms with van der Waals surface area (Å²) in [5, 5.41) is 0. The van der Waals surface area contributed by atoms with Gasteiger partial charge in [0.2, 0.25) is 0 Å². The van der Waals surface area contributed by atoms with Crippen LogP contribution in [0.5, 0.6) is 0 Å². The molecule has 0 bridgehead atoms. The predicted molar refractivity (Wildman–Crippen MR) is 70.6 cm³/mol. The van der Waals surface area contributed by atoms with Gasteiger partial charge in [0.15, 0.2) is 0 Å². The highest BCUT2D eigenvalue weighted by molar-refractivity contribution is 7.12. The molecular formula is C14H19NS. The van der Waals surface area contributed by atoms with Gasteiger partial charge < -0.3 is 5.73 Å². The predicted octanol–water partition coefficient (Wildman–Crippen LogP) is 3.43. The van der Waals surface area contributed by atoms with Gasteiger partial charge in [-0.2, -0.15) is 0 Å². The molecule has 0 aromatic carbocycles. The largest absolute Gasteiger partial charge is 0.322 e. The minimum absolute atomic E-state index is 0.115. The second kappa shape index (κ2) is 5.52. The summed E-state index contributed by atoms with van der Waals surface area (Å²) in [5.74, 6) is 5.99. The van der Waals surface area contributed by atoms with E-state index in [1.807, 2.05) is 18.3 Å². The molecule has 1 aromatic heterocycles. The van der Waals surface area contributed by atoms with Crippen molar-refractivity contribution in [1.82, 2.24) is 0 Å². The number of fused-ring (bicyclic) bond motifs is 1. The maximum atomic E-state index is 6.14. The van der Waals surface area contributed by atoms with Crippen molar-refractivity contribution in [3.05, 3.63) is 21.4 Å². The molecule has 1 heterocycles. The molecule has 0 spiro atoms. The highest BCUT2D eigenvalue weighted by Crippen LogP contribution is 2.32. The topological polar surface area (TPSA) is 26.0 Å². The van der Waals surface area contributed by atoms with Crippen molar-refractivity contribution in [2.45, 2.75) is 51.5 Å². The van der Waals surface area contributed by atoms with E-state index >= 15 is 0 Å². The third-order valence-corrected chi connectivity index (χ3v) is 4.50. The molecule has 1 unspecified atom stereocenters. The Morgan fingerprint density at radius 2 is 2.19 bits per heavy atom. The van der Waals surface area contributed by atoms with E-state index in [0.717, 1.165) is 6.42 Å². The van der Waals surface area contributed by atoms with Crippen molar-refractivity contribution in [1.29, 1.82) is 0 Å². The molecule has 0 saturated heterocycles. The summed E-state index contributed by atoms with van der Waals surface area (Å²) >= 11 is 1.91. The van der Waals surface area contributed by atoms with Gasteiger partial charge in [0, 0.05) is 16.2 Å². The molecule has 86 valence electrons. The lowest BCUT2D eigenvalue weighted by Crippen LogP contribution is -2.07. The van der Waals surface area contributed by atoms with Crippen LogP contribution in [0.15, 0.2) is 6.07 Å². The van der Waals surface area contributed by atoms with E-state index in [1.165, 1.54) is 37.0 Å². The van der Waals surface area contributed by atoms with Crippen molar-refractivity contribution < 1.29 is 0 Å². The maximum Gasteiger partial charge on any atom is 0.0500 e. The zero-order chi connectivity index (χ0) is 11.4. The van der Waals surface area contributed by atoms with Crippen LogP contribution in [0.2, 0.25) is 0 Å². The van der Waals surface area contributed by atoms with Gasteiger partial charge in [0.05, 0.1) is 6.04 Å². The zero-order valence-electron chi connectivity index (χ0n) is 9.88. The van der Waals surface area contributed by atoms with E-state index in [-0.39, 0.29) is 6.04 Å². The second-order valence-corrected chi connectivity index (χ2v) is 5.56. The van der Waals surface area contributed by atoms with Crippen LogP contribution in [0.25, 0.3) is 0 Å². The number of hydrogen-bond acceptors (Lipinski definition) is 2. The van der Waals surface area contributed by atoms with Gasteiger partial charge in [0.25, 0.3) is 0 Å². The average molecular weight is 233 g/mol. The molecule has 2 N–H and O–H groups in total. The van der Waals surface area contributed by atoms with Crippen molar-refractivity contribution in [3.8, 4) is 11.8 Å². The Morgan fingerprint density at radius 3 is 3.00 bits per heavy atom. The number of aryl methyl sites for hydroxylation is 2. The summed E-state index contributed by atoms with van der Waals surface area (Å²) in [6.45, 7) is 1.87. The van der Waals surface area contributed by atoms with E-state index in [0.29, 0.717) is 0 Å². The summed E-state index contributed by atoms with van der Waals surface area (Å²) < 4.78 is 0.